The Morgan fingerprint density at radius 3 is 2.67 bits per heavy atom. The molecule has 1 aliphatic heterocycles. The van der Waals surface area contributed by atoms with E-state index in [1.807, 2.05) is 30.3 Å². The van der Waals surface area contributed by atoms with Crippen molar-refractivity contribution >= 4 is 14.5 Å². The first-order chi connectivity index (χ1) is 4.97. The smallest absolute Gasteiger partial charge is 0.126 e. The molecule has 3 heteroatoms. The fourth-order valence-corrected chi connectivity index (χ4v) is 1.06. The minimum absolute atomic E-state index is 0. The van der Waals surface area contributed by atoms with Gasteiger partial charge in [0.05, 0.1) is 8.41 Å². The molecule has 1 aromatic carbocycles. The number of ether oxygens (including phenoxy) is 1. The summed E-state index contributed by atoms with van der Waals surface area (Å²) in [7, 11) is 0. The first-order valence-corrected chi connectivity index (χ1v) is 3.35. The van der Waals surface area contributed by atoms with E-state index in [2.05, 4.69) is 6.08 Å². The molecule has 1 aromatic rings. The summed E-state index contributed by atoms with van der Waals surface area (Å²) in [5.41, 5.74) is 1.17. The molecule has 0 atom stereocenters. The Hall–Kier alpha value is -0.591. The summed E-state index contributed by atoms with van der Waals surface area (Å²) in [5, 5.41) is 0. The van der Waals surface area contributed by atoms with Gasteiger partial charge in [-0.1, -0.05) is 24.3 Å². The van der Waals surface area contributed by atoms with E-state index in [9.17, 15) is 0 Å². The van der Waals surface area contributed by atoms with Crippen molar-refractivity contribution in [2.75, 3.05) is 6.61 Å². The standard InChI is InChI=1S/C9H8O.BH3.V/c1-2-6-9-8(4-1)5-3-7-10-9;;/h1-6H,7H2;1H3;. The van der Waals surface area contributed by atoms with E-state index in [0.29, 0.717) is 6.61 Å². The molecule has 1 heterocycles. The van der Waals surface area contributed by atoms with Crippen molar-refractivity contribution in [3.05, 3.63) is 35.9 Å². The van der Waals surface area contributed by atoms with Gasteiger partial charge in [0, 0.05) is 24.1 Å². The van der Waals surface area contributed by atoms with Gasteiger partial charge >= 0.3 is 0 Å². The van der Waals surface area contributed by atoms with E-state index in [0.717, 1.165) is 5.75 Å². The van der Waals surface area contributed by atoms with Crippen LogP contribution in [0.3, 0.4) is 0 Å². The summed E-state index contributed by atoms with van der Waals surface area (Å²) in [6.07, 6.45) is 4.10. The van der Waals surface area contributed by atoms with Crippen molar-refractivity contribution in [3.63, 3.8) is 0 Å². The molecule has 1 radical (unpaired) electrons. The van der Waals surface area contributed by atoms with Gasteiger partial charge in [-0.15, -0.1) is 0 Å². The molecular weight excluding hydrogens is 186 g/mol. The van der Waals surface area contributed by atoms with E-state index >= 15 is 0 Å². The number of hydrogen-bond acceptors (Lipinski definition) is 1. The van der Waals surface area contributed by atoms with Crippen LogP contribution < -0.4 is 4.74 Å². The Balaban J connectivity index is 0.000000605. The van der Waals surface area contributed by atoms with Gasteiger partial charge in [0.2, 0.25) is 0 Å². The van der Waals surface area contributed by atoms with E-state index in [1.54, 1.807) is 0 Å². The number of fused-ring (bicyclic) bond motifs is 1. The zero-order chi connectivity index (χ0) is 6.81. The van der Waals surface area contributed by atoms with Gasteiger partial charge in [-0.05, 0) is 12.1 Å². The van der Waals surface area contributed by atoms with Gasteiger partial charge in [-0.25, -0.2) is 0 Å². The topological polar surface area (TPSA) is 9.23 Å². The molecule has 0 N–H and O–H groups in total. The molecule has 0 saturated carbocycles. The van der Waals surface area contributed by atoms with Gasteiger partial charge < -0.3 is 4.74 Å². The fraction of sp³-hybridized carbons (Fsp3) is 0.111. The monoisotopic (exact) mass is 197 g/mol. The third kappa shape index (κ3) is 2.20. The third-order valence-electron chi connectivity index (χ3n) is 1.55. The quantitative estimate of drug-likeness (QED) is 0.561. The number of rotatable bonds is 0. The molecule has 0 aromatic heterocycles. The van der Waals surface area contributed by atoms with Crippen LogP contribution in [0.15, 0.2) is 30.3 Å². The van der Waals surface area contributed by atoms with Crippen LogP contribution in [0.2, 0.25) is 0 Å². The molecule has 0 saturated heterocycles. The third-order valence-corrected chi connectivity index (χ3v) is 1.55. The fourth-order valence-electron chi connectivity index (χ4n) is 1.06. The van der Waals surface area contributed by atoms with Crippen molar-refractivity contribution < 1.29 is 23.3 Å². The second kappa shape index (κ2) is 5.13. The molecule has 0 bridgehead atoms. The Bertz CT molecular complexity index is 273. The van der Waals surface area contributed by atoms with Crippen LogP contribution in [0.4, 0.5) is 0 Å². The van der Waals surface area contributed by atoms with E-state index in [4.69, 9.17) is 4.74 Å². The molecule has 0 amide bonds. The van der Waals surface area contributed by atoms with Crippen LogP contribution in [-0.4, -0.2) is 15.0 Å². The van der Waals surface area contributed by atoms with Crippen LogP contribution >= 0.6 is 0 Å². The average molecular weight is 197 g/mol. The average Bonchev–Trinajstić information content (AvgIpc) is 2.05. The summed E-state index contributed by atoms with van der Waals surface area (Å²) < 4.78 is 5.34. The Labute approximate surface area is 86.3 Å². The zero-order valence-corrected chi connectivity index (χ0v) is 7.42. The molecule has 0 spiro atoms. The summed E-state index contributed by atoms with van der Waals surface area (Å²) in [6, 6.07) is 8.03. The molecular formula is C9H11BOV. The van der Waals surface area contributed by atoms with Crippen LogP contribution in [0.5, 0.6) is 5.75 Å². The van der Waals surface area contributed by atoms with Crippen LogP contribution in [-0.2, 0) is 18.6 Å². The number of hydrogen-bond donors (Lipinski definition) is 0. The molecule has 1 nitrogen and oxygen atoms in total. The second-order valence-corrected chi connectivity index (χ2v) is 2.25. The summed E-state index contributed by atoms with van der Waals surface area (Å²) in [5.74, 6) is 0.991. The van der Waals surface area contributed by atoms with Gasteiger partial charge in [0.25, 0.3) is 0 Å². The maximum absolute atomic E-state index is 5.34. The Morgan fingerprint density at radius 1 is 1.17 bits per heavy atom. The van der Waals surface area contributed by atoms with E-state index in [1.165, 1.54) is 5.56 Å². The van der Waals surface area contributed by atoms with Crippen molar-refractivity contribution in [1.82, 2.24) is 0 Å². The minimum atomic E-state index is 0. The summed E-state index contributed by atoms with van der Waals surface area (Å²) >= 11 is 0. The summed E-state index contributed by atoms with van der Waals surface area (Å²) in [6.45, 7) is 0.705. The normalized spacial score (nSPS) is 11.7. The van der Waals surface area contributed by atoms with Crippen LogP contribution in [0.1, 0.15) is 5.56 Å². The Kier molecular flexibility index (Phi) is 4.87. The maximum Gasteiger partial charge on any atom is 0.126 e. The zero-order valence-electron chi connectivity index (χ0n) is 6.03. The van der Waals surface area contributed by atoms with Gasteiger partial charge in [0.15, 0.2) is 0 Å². The SMILES string of the molecule is B.C1=Cc2ccccc2OC1.[V]. The first-order valence-electron chi connectivity index (χ1n) is 3.35. The number of para-hydroxylation sites is 1. The predicted octanol–water partition coefficient (Wildman–Crippen LogP) is 0.906. The van der Waals surface area contributed by atoms with Crippen molar-refractivity contribution in [3.8, 4) is 5.75 Å². The molecule has 0 unspecified atom stereocenters. The Morgan fingerprint density at radius 2 is 1.92 bits per heavy atom. The van der Waals surface area contributed by atoms with Crippen molar-refractivity contribution in [1.29, 1.82) is 0 Å². The second-order valence-electron chi connectivity index (χ2n) is 2.25. The van der Waals surface area contributed by atoms with E-state index in [-0.39, 0.29) is 27.0 Å². The molecule has 0 fully saturated rings. The van der Waals surface area contributed by atoms with Gasteiger partial charge in [-0.2, -0.15) is 0 Å². The molecule has 2 rings (SSSR count). The molecule has 61 valence electrons. The van der Waals surface area contributed by atoms with Crippen molar-refractivity contribution in [2.24, 2.45) is 0 Å². The first kappa shape index (κ1) is 11.4. The predicted molar refractivity (Wildman–Crippen MR) is 50.9 cm³/mol. The number of benzene rings is 1. The molecule has 0 aliphatic carbocycles. The van der Waals surface area contributed by atoms with Crippen LogP contribution in [0.25, 0.3) is 6.08 Å². The van der Waals surface area contributed by atoms with Crippen LogP contribution in [0, 0.1) is 0 Å². The summed E-state index contributed by atoms with van der Waals surface area (Å²) in [4.78, 5) is 0. The van der Waals surface area contributed by atoms with Gasteiger partial charge in [0.1, 0.15) is 12.4 Å². The molecule has 12 heavy (non-hydrogen) atoms. The maximum atomic E-state index is 5.34. The minimum Gasteiger partial charge on any atom is -0.489 e. The molecule has 1 aliphatic rings. The van der Waals surface area contributed by atoms with Crippen molar-refractivity contribution in [2.45, 2.75) is 0 Å². The largest absolute Gasteiger partial charge is 0.489 e. The van der Waals surface area contributed by atoms with E-state index < -0.39 is 0 Å². The van der Waals surface area contributed by atoms with Gasteiger partial charge in [-0.3, -0.25) is 0 Å².